The van der Waals surface area contributed by atoms with Crippen LogP contribution >= 0.6 is 35.2 Å². The lowest BCUT2D eigenvalue weighted by molar-refractivity contribution is 0.0752. The Hall–Kier alpha value is -2.35. The minimum Gasteiger partial charge on any atom is -0.383 e. The summed E-state index contributed by atoms with van der Waals surface area (Å²) in [5, 5.41) is 0.715. The first kappa shape index (κ1) is 20.9. The van der Waals surface area contributed by atoms with Crippen LogP contribution in [0.25, 0.3) is 5.69 Å². The first-order valence-electron chi connectivity index (χ1n) is 9.88. The van der Waals surface area contributed by atoms with E-state index in [2.05, 4.69) is 24.0 Å². The number of nitrogens with two attached hydrogens (primary N) is 1. The van der Waals surface area contributed by atoms with Crippen LogP contribution in [0.3, 0.4) is 0 Å². The summed E-state index contributed by atoms with van der Waals surface area (Å²) < 4.78 is 2.37. The van der Waals surface area contributed by atoms with Crippen LogP contribution in [0.2, 0.25) is 5.02 Å². The van der Waals surface area contributed by atoms with Gasteiger partial charge in [-0.1, -0.05) is 48.1 Å². The molecule has 1 amide bonds. The lowest BCUT2D eigenvalue weighted by Gasteiger charge is -2.36. The molecule has 3 aromatic rings. The molecular formula is C22H23ClN4OS2. The number of anilines is 2. The van der Waals surface area contributed by atoms with E-state index in [0.717, 1.165) is 30.9 Å². The van der Waals surface area contributed by atoms with E-state index in [9.17, 15) is 4.79 Å². The van der Waals surface area contributed by atoms with Gasteiger partial charge in [0.2, 0.25) is 0 Å². The van der Waals surface area contributed by atoms with Gasteiger partial charge in [-0.05, 0) is 54.5 Å². The van der Waals surface area contributed by atoms with Gasteiger partial charge in [0.05, 0.1) is 0 Å². The lowest BCUT2D eigenvalue weighted by Crippen LogP contribution is -2.48. The lowest BCUT2D eigenvalue weighted by atomic mass is 10.1. The average Bonchev–Trinajstić information content (AvgIpc) is 3.07. The zero-order chi connectivity index (χ0) is 21.3. The molecule has 30 heavy (non-hydrogen) atoms. The number of nitrogen functional groups attached to an aromatic ring is 1. The summed E-state index contributed by atoms with van der Waals surface area (Å²) in [7, 11) is 0. The van der Waals surface area contributed by atoms with E-state index in [1.54, 1.807) is 4.57 Å². The van der Waals surface area contributed by atoms with E-state index < -0.39 is 0 Å². The van der Waals surface area contributed by atoms with Crippen LogP contribution in [-0.4, -0.2) is 41.6 Å². The number of benzene rings is 2. The van der Waals surface area contributed by atoms with Crippen molar-refractivity contribution in [3.63, 3.8) is 0 Å². The normalized spacial score (nSPS) is 14.2. The molecule has 5 nitrogen and oxygen atoms in total. The van der Waals surface area contributed by atoms with Crippen molar-refractivity contribution < 1.29 is 4.79 Å². The standard InChI is InChI=1S/C22H23ClN4OS2/c1-2-15-6-8-17(9-7-15)27-20(24)19(30-22(27)29)21(28)26-12-10-25(11-13-26)18-5-3-4-16(23)14-18/h3-9,14H,2,10-13,24H2,1H3. The average molecular weight is 459 g/mol. The first-order valence-corrected chi connectivity index (χ1v) is 11.5. The summed E-state index contributed by atoms with van der Waals surface area (Å²) in [5.41, 5.74) is 9.59. The summed E-state index contributed by atoms with van der Waals surface area (Å²) in [4.78, 5) is 17.8. The number of carbonyl (C=O) groups excluding carboxylic acids is 1. The van der Waals surface area contributed by atoms with Crippen LogP contribution in [0.1, 0.15) is 22.2 Å². The summed E-state index contributed by atoms with van der Waals surface area (Å²) >= 11 is 12.9. The molecule has 0 spiro atoms. The molecule has 156 valence electrons. The molecule has 1 aliphatic rings. The van der Waals surface area contributed by atoms with Gasteiger partial charge in [0, 0.05) is 42.6 Å². The summed E-state index contributed by atoms with van der Waals surface area (Å²) in [5.74, 6) is 0.356. The number of piperazine rings is 1. The van der Waals surface area contributed by atoms with Crippen molar-refractivity contribution in [3.05, 3.63) is 67.9 Å². The second kappa shape index (κ2) is 8.79. The van der Waals surface area contributed by atoms with E-state index in [1.807, 2.05) is 41.3 Å². The molecule has 1 fully saturated rings. The number of halogens is 1. The Morgan fingerprint density at radius 3 is 2.43 bits per heavy atom. The van der Waals surface area contributed by atoms with Crippen LogP contribution < -0.4 is 10.6 Å². The van der Waals surface area contributed by atoms with Crippen molar-refractivity contribution in [1.29, 1.82) is 0 Å². The van der Waals surface area contributed by atoms with Crippen LogP contribution in [0.15, 0.2) is 48.5 Å². The molecule has 0 bridgehead atoms. The Balaban J connectivity index is 1.51. The highest BCUT2D eigenvalue weighted by Gasteiger charge is 2.26. The zero-order valence-corrected chi connectivity index (χ0v) is 19.1. The van der Waals surface area contributed by atoms with Gasteiger partial charge in [0.15, 0.2) is 3.95 Å². The van der Waals surface area contributed by atoms with E-state index in [-0.39, 0.29) is 5.91 Å². The predicted molar refractivity (Wildman–Crippen MR) is 128 cm³/mol. The van der Waals surface area contributed by atoms with E-state index in [1.165, 1.54) is 16.9 Å². The van der Waals surface area contributed by atoms with Crippen molar-refractivity contribution >= 4 is 52.6 Å². The number of hydrogen-bond acceptors (Lipinski definition) is 5. The van der Waals surface area contributed by atoms with Crippen molar-refractivity contribution in [2.24, 2.45) is 0 Å². The molecule has 1 aromatic heterocycles. The smallest absolute Gasteiger partial charge is 0.267 e. The molecule has 2 heterocycles. The maximum atomic E-state index is 13.2. The van der Waals surface area contributed by atoms with Gasteiger partial charge in [0.25, 0.3) is 5.91 Å². The molecule has 2 aromatic carbocycles. The van der Waals surface area contributed by atoms with Crippen molar-refractivity contribution in [2.75, 3.05) is 36.8 Å². The molecule has 0 unspecified atom stereocenters. The van der Waals surface area contributed by atoms with Crippen LogP contribution in [-0.2, 0) is 6.42 Å². The zero-order valence-electron chi connectivity index (χ0n) is 16.7. The first-order chi connectivity index (χ1) is 14.5. The number of carbonyl (C=O) groups is 1. The van der Waals surface area contributed by atoms with Crippen molar-refractivity contribution in [2.45, 2.75) is 13.3 Å². The third-order valence-corrected chi connectivity index (χ3v) is 7.00. The van der Waals surface area contributed by atoms with Crippen LogP contribution in [0.4, 0.5) is 11.5 Å². The summed E-state index contributed by atoms with van der Waals surface area (Å²) in [6.07, 6.45) is 0.968. The summed E-state index contributed by atoms with van der Waals surface area (Å²) in [6.45, 7) is 4.86. The Bertz CT molecular complexity index is 1110. The molecule has 1 saturated heterocycles. The Labute approximate surface area is 190 Å². The maximum Gasteiger partial charge on any atom is 0.267 e. The fraction of sp³-hybridized carbons (Fsp3) is 0.273. The van der Waals surface area contributed by atoms with Crippen LogP contribution in [0.5, 0.6) is 0 Å². The molecule has 1 aliphatic heterocycles. The quantitative estimate of drug-likeness (QED) is 0.557. The van der Waals surface area contributed by atoms with Gasteiger partial charge in [-0.15, -0.1) is 0 Å². The van der Waals surface area contributed by atoms with Gasteiger partial charge in [0.1, 0.15) is 10.7 Å². The van der Waals surface area contributed by atoms with Gasteiger partial charge in [-0.25, -0.2) is 0 Å². The number of aryl methyl sites for hydroxylation is 1. The molecule has 0 saturated carbocycles. The van der Waals surface area contributed by atoms with E-state index >= 15 is 0 Å². The van der Waals surface area contributed by atoms with Crippen molar-refractivity contribution in [3.8, 4) is 5.69 Å². The summed E-state index contributed by atoms with van der Waals surface area (Å²) in [6, 6.07) is 15.9. The van der Waals surface area contributed by atoms with Gasteiger partial charge >= 0.3 is 0 Å². The predicted octanol–water partition coefficient (Wildman–Crippen LogP) is 5.03. The fourth-order valence-electron chi connectivity index (χ4n) is 3.65. The minimum atomic E-state index is -0.0572. The Morgan fingerprint density at radius 2 is 1.80 bits per heavy atom. The van der Waals surface area contributed by atoms with Crippen LogP contribution in [0, 0.1) is 3.95 Å². The molecule has 8 heteroatoms. The number of hydrogen-bond donors (Lipinski definition) is 1. The number of rotatable bonds is 4. The number of thiazole rings is 1. The monoisotopic (exact) mass is 458 g/mol. The van der Waals surface area contributed by atoms with E-state index in [0.29, 0.717) is 32.8 Å². The van der Waals surface area contributed by atoms with Crippen molar-refractivity contribution in [1.82, 2.24) is 9.47 Å². The van der Waals surface area contributed by atoms with Gasteiger partial charge < -0.3 is 15.5 Å². The highest BCUT2D eigenvalue weighted by molar-refractivity contribution is 7.73. The number of amides is 1. The topological polar surface area (TPSA) is 54.5 Å². The highest BCUT2D eigenvalue weighted by atomic mass is 35.5. The van der Waals surface area contributed by atoms with Gasteiger partial charge in [-0.2, -0.15) is 0 Å². The largest absolute Gasteiger partial charge is 0.383 e. The molecular weight excluding hydrogens is 436 g/mol. The Morgan fingerprint density at radius 1 is 1.10 bits per heavy atom. The minimum absolute atomic E-state index is 0.0572. The third-order valence-electron chi connectivity index (χ3n) is 5.38. The highest BCUT2D eigenvalue weighted by Crippen LogP contribution is 2.28. The van der Waals surface area contributed by atoms with Gasteiger partial charge in [-0.3, -0.25) is 9.36 Å². The molecule has 0 atom stereocenters. The number of aromatic nitrogens is 1. The second-order valence-electron chi connectivity index (χ2n) is 7.20. The molecule has 4 rings (SSSR count). The third kappa shape index (κ3) is 4.10. The molecule has 0 radical (unpaired) electrons. The van der Waals surface area contributed by atoms with E-state index in [4.69, 9.17) is 29.6 Å². The Kier molecular flexibility index (Phi) is 6.13. The molecule has 0 aliphatic carbocycles. The number of nitrogens with zero attached hydrogens (tertiary/aromatic N) is 3. The fourth-order valence-corrected chi connectivity index (χ4v) is 5.17. The SMILES string of the molecule is CCc1ccc(-n2c(N)c(C(=O)N3CCN(c4cccc(Cl)c4)CC3)sc2=S)cc1. The maximum absolute atomic E-state index is 13.2. The molecule has 2 N–H and O–H groups in total. The second-order valence-corrected chi connectivity index (χ2v) is 9.28.